The van der Waals surface area contributed by atoms with Crippen LogP contribution in [0.1, 0.15) is 16.7 Å². The molecule has 3 aromatic carbocycles. The zero-order valence-corrected chi connectivity index (χ0v) is 18.1. The number of halogens is 4. The fourth-order valence-electron chi connectivity index (χ4n) is 3.24. The highest BCUT2D eigenvalue weighted by Gasteiger charge is 2.52. The molecule has 0 radical (unpaired) electrons. The second-order valence-corrected chi connectivity index (χ2v) is 9.20. The predicted octanol–water partition coefficient (Wildman–Crippen LogP) is 5.89. The van der Waals surface area contributed by atoms with Crippen molar-refractivity contribution in [1.82, 2.24) is 0 Å². The highest BCUT2D eigenvalue weighted by Crippen LogP contribution is 2.53. The van der Waals surface area contributed by atoms with E-state index in [1.54, 1.807) is 0 Å². The van der Waals surface area contributed by atoms with Crippen molar-refractivity contribution < 1.29 is 23.2 Å². The van der Waals surface area contributed by atoms with Crippen LogP contribution in [0.15, 0.2) is 54.6 Å². The van der Waals surface area contributed by atoms with Gasteiger partial charge in [-0.05, 0) is 35.9 Å². The summed E-state index contributed by atoms with van der Waals surface area (Å²) in [6, 6.07) is 11.6. The fourth-order valence-corrected chi connectivity index (χ4v) is 5.68. The van der Waals surface area contributed by atoms with Gasteiger partial charge < -0.3 is 10.2 Å². The molecule has 29 heavy (non-hydrogen) atoms. The molecular formula is C19H12Cl4O5S. The minimum atomic E-state index is -5.14. The standard InChI is InChI=1S/C19H12Cl4O5S/c20-13-5-2-6-15(25)16(13)19(29(26,27)28,10-3-1-4-11(24)9-10)12-7-8-14(21)18(23)17(12)22/h1-9,24-25H,(H,26,27,28). The van der Waals surface area contributed by atoms with E-state index in [2.05, 4.69) is 0 Å². The average Bonchev–Trinajstić information content (AvgIpc) is 2.63. The fraction of sp³-hybridized carbons (Fsp3) is 0.0526. The van der Waals surface area contributed by atoms with E-state index in [9.17, 15) is 23.2 Å². The first kappa shape index (κ1) is 22.0. The molecule has 1 unspecified atom stereocenters. The van der Waals surface area contributed by atoms with Gasteiger partial charge in [0.25, 0.3) is 10.1 Å². The van der Waals surface area contributed by atoms with Crippen LogP contribution in [0.5, 0.6) is 11.5 Å². The number of phenolic OH excluding ortho intramolecular Hbond substituents is 2. The first-order valence-corrected chi connectivity index (χ1v) is 10.9. The molecular weight excluding hydrogens is 482 g/mol. The van der Waals surface area contributed by atoms with Crippen molar-refractivity contribution >= 4 is 56.5 Å². The molecule has 0 fully saturated rings. The van der Waals surface area contributed by atoms with Crippen molar-refractivity contribution in [3.05, 3.63) is 91.4 Å². The third-order valence-corrected chi connectivity index (χ3v) is 7.44. The van der Waals surface area contributed by atoms with Crippen LogP contribution in [0.3, 0.4) is 0 Å². The van der Waals surface area contributed by atoms with Gasteiger partial charge in [0.15, 0.2) is 4.75 Å². The molecule has 1 atom stereocenters. The van der Waals surface area contributed by atoms with Gasteiger partial charge in [0.1, 0.15) is 11.5 Å². The second-order valence-electron chi connectivity index (χ2n) is 6.06. The third kappa shape index (κ3) is 3.54. The lowest BCUT2D eigenvalue weighted by molar-refractivity contribution is 0.439. The van der Waals surface area contributed by atoms with Crippen LogP contribution in [0.2, 0.25) is 20.1 Å². The van der Waals surface area contributed by atoms with E-state index in [0.717, 1.165) is 6.07 Å². The number of rotatable bonds is 4. The summed E-state index contributed by atoms with van der Waals surface area (Å²) >= 11 is 24.8. The van der Waals surface area contributed by atoms with Gasteiger partial charge >= 0.3 is 0 Å². The molecule has 5 nitrogen and oxygen atoms in total. The minimum Gasteiger partial charge on any atom is -0.508 e. The van der Waals surface area contributed by atoms with Gasteiger partial charge in [-0.15, -0.1) is 0 Å². The molecule has 3 N–H and O–H groups in total. The molecule has 0 saturated carbocycles. The van der Waals surface area contributed by atoms with Gasteiger partial charge in [0.05, 0.1) is 15.1 Å². The Balaban J connectivity index is 2.66. The number of aromatic hydroxyl groups is 2. The van der Waals surface area contributed by atoms with Crippen molar-refractivity contribution in [3.8, 4) is 11.5 Å². The predicted molar refractivity (Wildman–Crippen MR) is 114 cm³/mol. The Morgan fingerprint density at radius 1 is 0.793 bits per heavy atom. The van der Waals surface area contributed by atoms with Crippen molar-refractivity contribution in [1.29, 1.82) is 0 Å². The lowest BCUT2D eigenvalue weighted by atomic mass is 9.83. The van der Waals surface area contributed by atoms with Crippen molar-refractivity contribution in [3.63, 3.8) is 0 Å². The Labute approximate surface area is 186 Å². The van der Waals surface area contributed by atoms with E-state index < -0.39 is 20.6 Å². The summed E-state index contributed by atoms with van der Waals surface area (Å²) < 4.78 is 33.9. The molecule has 3 rings (SSSR count). The summed E-state index contributed by atoms with van der Waals surface area (Å²) in [5, 5.41) is 20.0. The smallest absolute Gasteiger partial charge is 0.283 e. The minimum absolute atomic E-state index is 0.0453. The second kappa shape index (κ2) is 7.87. The van der Waals surface area contributed by atoms with Gasteiger partial charge in [-0.2, -0.15) is 8.42 Å². The van der Waals surface area contributed by atoms with E-state index in [0.29, 0.717) is 0 Å². The van der Waals surface area contributed by atoms with E-state index in [1.165, 1.54) is 48.5 Å². The molecule has 0 bridgehead atoms. The Hall–Kier alpha value is -1.67. The highest BCUT2D eigenvalue weighted by molar-refractivity contribution is 7.87. The van der Waals surface area contributed by atoms with E-state index in [-0.39, 0.29) is 42.5 Å². The van der Waals surface area contributed by atoms with Crippen LogP contribution < -0.4 is 0 Å². The molecule has 3 aromatic rings. The topological polar surface area (TPSA) is 94.8 Å². The van der Waals surface area contributed by atoms with Crippen molar-refractivity contribution in [2.45, 2.75) is 4.75 Å². The highest BCUT2D eigenvalue weighted by atomic mass is 35.5. The summed E-state index contributed by atoms with van der Waals surface area (Å²) in [4.78, 5) is 0. The maximum absolute atomic E-state index is 13.0. The monoisotopic (exact) mass is 492 g/mol. The maximum atomic E-state index is 13.0. The largest absolute Gasteiger partial charge is 0.508 e. The zero-order valence-electron chi connectivity index (χ0n) is 14.3. The van der Waals surface area contributed by atoms with Crippen molar-refractivity contribution in [2.75, 3.05) is 0 Å². The van der Waals surface area contributed by atoms with Gasteiger partial charge in [-0.25, -0.2) is 0 Å². The first-order chi connectivity index (χ1) is 13.5. The lowest BCUT2D eigenvalue weighted by Gasteiger charge is -2.34. The van der Waals surface area contributed by atoms with Gasteiger partial charge in [0, 0.05) is 16.1 Å². The number of hydrogen-bond acceptors (Lipinski definition) is 4. The van der Waals surface area contributed by atoms with Crippen LogP contribution in [-0.4, -0.2) is 23.2 Å². The van der Waals surface area contributed by atoms with E-state index >= 15 is 0 Å². The maximum Gasteiger partial charge on any atom is 0.283 e. The number of hydrogen-bond donors (Lipinski definition) is 3. The van der Waals surface area contributed by atoms with Gasteiger partial charge in [0.2, 0.25) is 0 Å². The molecule has 0 saturated heterocycles. The Morgan fingerprint density at radius 3 is 2.03 bits per heavy atom. The van der Waals surface area contributed by atoms with Crippen LogP contribution in [0.4, 0.5) is 0 Å². The van der Waals surface area contributed by atoms with E-state index in [4.69, 9.17) is 46.4 Å². The summed E-state index contributed by atoms with van der Waals surface area (Å²) in [5.41, 5.74) is -0.719. The molecule has 10 heteroatoms. The normalized spacial score (nSPS) is 13.8. The Kier molecular flexibility index (Phi) is 5.98. The molecule has 0 amide bonds. The van der Waals surface area contributed by atoms with Gasteiger partial charge in [-0.1, -0.05) is 70.7 Å². The van der Waals surface area contributed by atoms with Crippen LogP contribution in [-0.2, 0) is 14.9 Å². The zero-order chi connectivity index (χ0) is 21.6. The van der Waals surface area contributed by atoms with Gasteiger partial charge in [-0.3, -0.25) is 4.55 Å². The number of benzene rings is 3. The third-order valence-electron chi connectivity index (χ3n) is 4.40. The molecule has 0 aromatic heterocycles. The summed E-state index contributed by atoms with van der Waals surface area (Å²) in [5.74, 6) is -0.821. The SMILES string of the molecule is O=S(=O)(O)C(c1cccc(O)c1)(c1ccc(Cl)c(Cl)c1Cl)c1c(O)cccc1Cl. The molecule has 0 aliphatic carbocycles. The van der Waals surface area contributed by atoms with Crippen LogP contribution >= 0.6 is 46.4 Å². The molecule has 0 aliphatic heterocycles. The summed E-state index contributed by atoms with van der Waals surface area (Å²) in [6.07, 6.45) is 0. The van der Waals surface area contributed by atoms with Crippen molar-refractivity contribution in [2.24, 2.45) is 0 Å². The average molecular weight is 494 g/mol. The Bertz CT molecular complexity index is 1190. The molecule has 0 heterocycles. The number of phenols is 2. The van der Waals surface area contributed by atoms with E-state index in [1.807, 2.05) is 0 Å². The first-order valence-electron chi connectivity index (χ1n) is 7.90. The lowest BCUT2D eigenvalue weighted by Crippen LogP contribution is -2.39. The van der Waals surface area contributed by atoms with Crippen LogP contribution in [0.25, 0.3) is 0 Å². The molecule has 152 valence electrons. The van der Waals surface area contributed by atoms with Crippen LogP contribution in [0, 0.1) is 0 Å². The summed E-state index contributed by atoms with van der Waals surface area (Å²) in [7, 11) is -5.14. The summed E-state index contributed by atoms with van der Waals surface area (Å²) in [6.45, 7) is 0. The molecule has 0 spiro atoms. The quantitative estimate of drug-likeness (QED) is 0.239. The Morgan fingerprint density at radius 2 is 1.45 bits per heavy atom. The molecule has 0 aliphatic rings.